The number of rotatable bonds is 11. The van der Waals surface area contributed by atoms with Gasteiger partial charge in [-0.05, 0) is 0 Å². The Balaban J connectivity index is 2.61. The minimum Gasteiger partial charge on any atom is -0.329 e. The standard InChI is InChI=1S/C17H14N6O10/c18-1-2-19-15(16(24)9-3-11(20(26)27)7-12(4-9)21(28)29)17(25)10-5-13(22(30)31)8-14(6-10)23(32)33/h3-8,15,19H,1-2,18H2. The molecule has 2 aromatic carbocycles. The van der Waals surface area contributed by atoms with Gasteiger partial charge in [-0.3, -0.25) is 55.4 Å². The largest absolute Gasteiger partial charge is 0.329 e. The van der Waals surface area contributed by atoms with E-state index in [0.717, 1.165) is 24.3 Å². The van der Waals surface area contributed by atoms with Crippen LogP contribution in [0.3, 0.4) is 0 Å². The van der Waals surface area contributed by atoms with Crippen LogP contribution in [0.25, 0.3) is 0 Å². The number of nitrogens with zero attached hydrogens (tertiary/aromatic N) is 4. The Morgan fingerprint density at radius 1 is 0.697 bits per heavy atom. The number of hydrogen-bond donors (Lipinski definition) is 2. The molecule has 0 unspecified atom stereocenters. The molecule has 0 aliphatic heterocycles. The van der Waals surface area contributed by atoms with Gasteiger partial charge in [0.05, 0.1) is 31.8 Å². The predicted octanol–water partition coefficient (Wildman–Crippen LogP) is 1.30. The normalized spacial score (nSPS) is 10.6. The molecule has 33 heavy (non-hydrogen) atoms. The molecule has 0 aliphatic carbocycles. The summed E-state index contributed by atoms with van der Waals surface area (Å²) >= 11 is 0. The molecular formula is C17H14N6O10. The molecule has 0 aliphatic rings. The zero-order valence-electron chi connectivity index (χ0n) is 16.4. The van der Waals surface area contributed by atoms with E-state index < -0.39 is 71.2 Å². The van der Waals surface area contributed by atoms with E-state index >= 15 is 0 Å². The van der Waals surface area contributed by atoms with Gasteiger partial charge in [-0.2, -0.15) is 0 Å². The van der Waals surface area contributed by atoms with E-state index in [4.69, 9.17) is 5.73 Å². The molecule has 0 aromatic heterocycles. The van der Waals surface area contributed by atoms with E-state index in [-0.39, 0.29) is 13.1 Å². The average Bonchev–Trinajstić information content (AvgIpc) is 2.78. The zero-order valence-corrected chi connectivity index (χ0v) is 16.4. The van der Waals surface area contributed by atoms with Gasteiger partial charge < -0.3 is 5.73 Å². The first-order valence-corrected chi connectivity index (χ1v) is 8.86. The smallest absolute Gasteiger partial charge is 0.277 e. The van der Waals surface area contributed by atoms with Crippen molar-refractivity contribution in [2.75, 3.05) is 13.1 Å². The third kappa shape index (κ3) is 5.71. The quantitative estimate of drug-likeness (QED) is 0.207. The lowest BCUT2D eigenvalue weighted by Crippen LogP contribution is -2.45. The lowest BCUT2D eigenvalue weighted by atomic mass is 9.95. The van der Waals surface area contributed by atoms with E-state index in [9.17, 15) is 50.0 Å². The van der Waals surface area contributed by atoms with Crippen molar-refractivity contribution < 1.29 is 29.3 Å². The van der Waals surface area contributed by atoms with Gasteiger partial charge in [-0.15, -0.1) is 0 Å². The van der Waals surface area contributed by atoms with Crippen molar-refractivity contribution in [3.8, 4) is 0 Å². The molecule has 172 valence electrons. The molecule has 0 amide bonds. The molecule has 0 atom stereocenters. The van der Waals surface area contributed by atoms with Gasteiger partial charge in [-0.1, -0.05) is 0 Å². The number of Topliss-reactive ketones (excluding diaryl/α,β-unsaturated/α-hetero) is 2. The fourth-order valence-corrected chi connectivity index (χ4v) is 2.76. The van der Waals surface area contributed by atoms with Crippen molar-refractivity contribution in [2.24, 2.45) is 5.73 Å². The SMILES string of the molecule is NCCNC(C(=O)c1cc([N+](=O)[O-])cc([N+](=O)[O-])c1)C(=O)c1cc([N+](=O)[O-])cc([N+](=O)[O-])c1. The second-order valence-electron chi connectivity index (χ2n) is 6.41. The topological polar surface area (TPSA) is 245 Å². The van der Waals surface area contributed by atoms with Gasteiger partial charge >= 0.3 is 0 Å². The van der Waals surface area contributed by atoms with Crippen molar-refractivity contribution >= 4 is 34.3 Å². The van der Waals surface area contributed by atoms with Gasteiger partial charge in [0.2, 0.25) is 0 Å². The molecule has 3 N–H and O–H groups in total. The van der Waals surface area contributed by atoms with Crippen LogP contribution in [0.4, 0.5) is 22.7 Å². The Bertz CT molecular complexity index is 1030. The monoisotopic (exact) mass is 462 g/mol. The highest BCUT2D eigenvalue weighted by molar-refractivity contribution is 6.20. The number of nitrogens with two attached hydrogens (primary N) is 1. The number of hydrogen-bond acceptors (Lipinski definition) is 12. The van der Waals surface area contributed by atoms with Gasteiger partial charge in [0.25, 0.3) is 22.7 Å². The van der Waals surface area contributed by atoms with Crippen molar-refractivity contribution in [3.63, 3.8) is 0 Å². The van der Waals surface area contributed by atoms with Gasteiger partial charge in [0.15, 0.2) is 11.6 Å². The predicted molar refractivity (Wildman–Crippen MR) is 109 cm³/mol. The van der Waals surface area contributed by atoms with Crippen LogP contribution in [0.2, 0.25) is 0 Å². The van der Waals surface area contributed by atoms with Gasteiger partial charge in [0, 0.05) is 48.5 Å². The van der Waals surface area contributed by atoms with Crippen LogP contribution in [0.5, 0.6) is 0 Å². The maximum Gasteiger partial charge on any atom is 0.277 e. The summed E-state index contributed by atoms with van der Waals surface area (Å²) in [7, 11) is 0. The summed E-state index contributed by atoms with van der Waals surface area (Å²) in [6.45, 7) is -0.225. The summed E-state index contributed by atoms with van der Waals surface area (Å²) in [5.41, 5.74) is 1.07. The molecular weight excluding hydrogens is 448 g/mol. The van der Waals surface area contributed by atoms with Crippen LogP contribution in [0.1, 0.15) is 20.7 Å². The van der Waals surface area contributed by atoms with Crippen molar-refractivity contribution in [3.05, 3.63) is 88.0 Å². The molecule has 0 saturated heterocycles. The minimum atomic E-state index is -1.85. The third-order valence-corrected chi connectivity index (χ3v) is 4.23. The zero-order chi connectivity index (χ0) is 24.9. The molecule has 2 rings (SSSR count). The number of nitrogens with one attached hydrogen (secondary N) is 1. The fraction of sp³-hybridized carbons (Fsp3) is 0.176. The summed E-state index contributed by atoms with van der Waals surface area (Å²) in [5.74, 6) is -2.29. The number of non-ortho nitro benzene ring substituents is 4. The second-order valence-corrected chi connectivity index (χ2v) is 6.41. The molecule has 2 aromatic rings. The highest BCUT2D eigenvalue weighted by Crippen LogP contribution is 2.26. The Morgan fingerprint density at radius 2 is 1.00 bits per heavy atom. The Morgan fingerprint density at radius 3 is 1.24 bits per heavy atom. The van der Waals surface area contributed by atoms with E-state index in [2.05, 4.69) is 5.32 Å². The van der Waals surface area contributed by atoms with E-state index in [1.54, 1.807) is 0 Å². The van der Waals surface area contributed by atoms with Crippen LogP contribution in [-0.4, -0.2) is 50.4 Å². The fourth-order valence-electron chi connectivity index (χ4n) is 2.76. The summed E-state index contributed by atoms with van der Waals surface area (Å²) in [4.78, 5) is 66.5. The first kappa shape index (κ1) is 24.6. The third-order valence-electron chi connectivity index (χ3n) is 4.23. The number of benzene rings is 2. The highest BCUT2D eigenvalue weighted by Gasteiger charge is 2.32. The maximum atomic E-state index is 13.0. The maximum absolute atomic E-state index is 13.0. The summed E-state index contributed by atoms with van der Waals surface area (Å²) in [5, 5.41) is 46.8. The Kier molecular flexibility index (Phi) is 7.50. The van der Waals surface area contributed by atoms with Crippen molar-refractivity contribution in [1.82, 2.24) is 5.32 Å². The highest BCUT2D eigenvalue weighted by atomic mass is 16.6. The summed E-state index contributed by atoms with van der Waals surface area (Å²) < 4.78 is 0. The lowest BCUT2D eigenvalue weighted by molar-refractivity contribution is -0.394. The summed E-state index contributed by atoms with van der Waals surface area (Å²) in [6.07, 6.45) is 0. The van der Waals surface area contributed by atoms with Crippen LogP contribution < -0.4 is 11.1 Å². The number of nitro benzene ring substituents is 4. The van der Waals surface area contributed by atoms with Crippen molar-refractivity contribution in [1.29, 1.82) is 0 Å². The summed E-state index contributed by atoms with van der Waals surface area (Å²) in [6, 6.07) is 2.25. The molecule has 0 radical (unpaired) electrons. The van der Waals surface area contributed by atoms with E-state index in [0.29, 0.717) is 12.1 Å². The van der Waals surface area contributed by atoms with Crippen molar-refractivity contribution in [2.45, 2.75) is 6.04 Å². The van der Waals surface area contributed by atoms with Crippen LogP contribution in [0.15, 0.2) is 36.4 Å². The molecule has 16 heteroatoms. The molecule has 0 saturated carbocycles. The number of ketones is 2. The van der Waals surface area contributed by atoms with Gasteiger partial charge in [-0.25, -0.2) is 0 Å². The minimum absolute atomic E-state index is 0.0821. The van der Waals surface area contributed by atoms with E-state index in [1.165, 1.54) is 0 Å². The molecule has 0 fully saturated rings. The van der Waals surface area contributed by atoms with Crippen LogP contribution in [-0.2, 0) is 0 Å². The second kappa shape index (κ2) is 10.1. The van der Waals surface area contributed by atoms with Crippen LogP contribution >= 0.6 is 0 Å². The Labute approximate surface area is 182 Å². The number of carbonyl (C=O) groups excluding carboxylic acids is 2. The molecule has 0 heterocycles. The van der Waals surface area contributed by atoms with E-state index in [1.807, 2.05) is 0 Å². The first-order chi connectivity index (χ1) is 15.5. The lowest BCUT2D eigenvalue weighted by Gasteiger charge is -2.16. The molecule has 0 bridgehead atoms. The molecule has 0 spiro atoms. The van der Waals surface area contributed by atoms with Gasteiger partial charge in [0.1, 0.15) is 6.04 Å². The first-order valence-electron chi connectivity index (χ1n) is 8.86. The molecule has 16 nitrogen and oxygen atoms in total. The average molecular weight is 462 g/mol. The number of nitro groups is 4. The number of carbonyl (C=O) groups is 2. The Hall–Kier alpha value is -4.70. The van der Waals surface area contributed by atoms with Crippen LogP contribution in [0, 0.1) is 40.5 Å².